The molecule has 1 heteroatoms. The van der Waals surface area contributed by atoms with Gasteiger partial charge in [0.05, 0.1) is 5.60 Å². The Morgan fingerprint density at radius 2 is 2.13 bits per heavy atom. The summed E-state index contributed by atoms with van der Waals surface area (Å²) in [5.41, 5.74) is 2.16. The van der Waals surface area contributed by atoms with Crippen molar-refractivity contribution < 1.29 is 5.11 Å². The minimum atomic E-state index is -0.563. The SMILES string of the molecule is C=C=C[C@@]1(O)CC[C@@H]1CCCCCCC. The smallest absolute Gasteiger partial charge is 0.0928 e. The minimum absolute atomic E-state index is 0.466. The van der Waals surface area contributed by atoms with Crippen LogP contribution in [-0.4, -0.2) is 10.7 Å². The van der Waals surface area contributed by atoms with E-state index in [0.29, 0.717) is 5.92 Å². The summed E-state index contributed by atoms with van der Waals surface area (Å²) in [6.45, 7) is 5.78. The highest BCUT2D eigenvalue weighted by molar-refractivity contribution is 5.09. The van der Waals surface area contributed by atoms with Crippen molar-refractivity contribution in [1.29, 1.82) is 0 Å². The second-order valence-corrected chi connectivity index (χ2v) is 4.78. The lowest BCUT2D eigenvalue weighted by Crippen LogP contribution is -2.45. The average Bonchev–Trinajstić information content (AvgIpc) is 2.22. The number of hydrogen-bond acceptors (Lipinski definition) is 1. The molecule has 0 spiro atoms. The van der Waals surface area contributed by atoms with Gasteiger partial charge in [0.2, 0.25) is 0 Å². The van der Waals surface area contributed by atoms with Crippen LogP contribution in [0, 0.1) is 5.92 Å². The lowest BCUT2D eigenvalue weighted by atomic mass is 9.67. The summed E-state index contributed by atoms with van der Waals surface area (Å²) < 4.78 is 0. The summed E-state index contributed by atoms with van der Waals surface area (Å²) in [4.78, 5) is 0. The summed E-state index contributed by atoms with van der Waals surface area (Å²) in [7, 11) is 0. The summed E-state index contributed by atoms with van der Waals surface area (Å²) in [5.74, 6) is 0.466. The van der Waals surface area contributed by atoms with E-state index in [2.05, 4.69) is 19.2 Å². The maximum absolute atomic E-state index is 10.1. The molecule has 1 aliphatic carbocycles. The van der Waals surface area contributed by atoms with Gasteiger partial charge in [-0.2, -0.15) is 0 Å². The molecule has 15 heavy (non-hydrogen) atoms. The van der Waals surface area contributed by atoms with Gasteiger partial charge in [-0.3, -0.25) is 0 Å². The first kappa shape index (κ1) is 12.5. The zero-order chi connectivity index (χ0) is 11.1. The van der Waals surface area contributed by atoms with Crippen molar-refractivity contribution in [2.75, 3.05) is 0 Å². The van der Waals surface area contributed by atoms with Crippen LogP contribution in [0.25, 0.3) is 0 Å². The Hall–Kier alpha value is -0.520. The predicted octanol–water partition coefficient (Wildman–Crippen LogP) is 3.83. The normalized spacial score (nSPS) is 29.3. The molecule has 0 heterocycles. The highest BCUT2D eigenvalue weighted by Gasteiger charge is 2.42. The Labute approximate surface area is 93.9 Å². The average molecular weight is 208 g/mol. The van der Waals surface area contributed by atoms with E-state index < -0.39 is 5.60 Å². The first-order valence-electron chi connectivity index (χ1n) is 6.32. The number of rotatable bonds is 7. The van der Waals surface area contributed by atoms with Crippen molar-refractivity contribution in [3.63, 3.8) is 0 Å². The van der Waals surface area contributed by atoms with E-state index in [1.807, 2.05) is 0 Å². The van der Waals surface area contributed by atoms with E-state index >= 15 is 0 Å². The molecule has 1 aliphatic rings. The zero-order valence-corrected chi connectivity index (χ0v) is 9.97. The lowest BCUT2D eigenvalue weighted by molar-refractivity contribution is -0.0557. The molecule has 1 fully saturated rings. The van der Waals surface area contributed by atoms with Gasteiger partial charge in [0, 0.05) is 0 Å². The van der Waals surface area contributed by atoms with Crippen molar-refractivity contribution in [3.05, 3.63) is 18.4 Å². The molecule has 1 nitrogen and oxygen atoms in total. The maximum atomic E-state index is 10.1. The Kier molecular flexibility index (Phi) is 5.14. The summed E-state index contributed by atoms with van der Waals surface area (Å²) in [6.07, 6.45) is 11.6. The van der Waals surface area contributed by atoms with Gasteiger partial charge in [0.15, 0.2) is 0 Å². The first-order valence-corrected chi connectivity index (χ1v) is 6.32. The molecular weight excluding hydrogens is 184 g/mol. The van der Waals surface area contributed by atoms with Crippen LogP contribution in [0.4, 0.5) is 0 Å². The third-order valence-corrected chi connectivity index (χ3v) is 3.61. The third-order valence-electron chi connectivity index (χ3n) is 3.61. The molecule has 1 saturated carbocycles. The largest absolute Gasteiger partial charge is 0.385 e. The molecule has 2 atom stereocenters. The standard InChI is InChI=1S/C14H24O/c1-3-5-6-7-8-9-13-10-12-14(13,15)11-4-2/h11,13,15H,2-3,5-10,12H2,1H3/t13-,14+/m0/s1. The Morgan fingerprint density at radius 3 is 2.67 bits per heavy atom. The van der Waals surface area contributed by atoms with Gasteiger partial charge in [-0.05, 0) is 31.3 Å². The van der Waals surface area contributed by atoms with Crippen LogP contribution in [-0.2, 0) is 0 Å². The van der Waals surface area contributed by atoms with Crippen molar-refractivity contribution in [2.24, 2.45) is 5.92 Å². The van der Waals surface area contributed by atoms with Gasteiger partial charge in [-0.15, -0.1) is 5.73 Å². The fraction of sp³-hybridized carbons (Fsp3) is 0.786. The van der Waals surface area contributed by atoms with Crippen LogP contribution < -0.4 is 0 Å². The third kappa shape index (κ3) is 3.52. The molecule has 1 rings (SSSR count). The van der Waals surface area contributed by atoms with Crippen molar-refractivity contribution >= 4 is 0 Å². The fourth-order valence-corrected chi connectivity index (χ4v) is 2.40. The highest BCUT2D eigenvalue weighted by atomic mass is 16.3. The van der Waals surface area contributed by atoms with Gasteiger partial charge in [-0.25, -0.2) is 0 Å². The van der Waals surface area contributed by atoms with Crippen LogP contribution in [0.3, 0.4) is 0 Å². The van der Waals surface area contributed by atoms with Gasteiger partial charge in [0.25, 0.3) is 0 Å². The maximum Gasteiger partial charge on any atom is 0.0928 e. The van der Waals surface area contributed by atoms with Crippen LogP contribution >= 0.6 is 0 Å². The molecule has 0 aromatic carbocycles. The molecule has 0 aromatic heterocycles. The predicted molar refractivity (Wildman–Crippen MR) is 64.8 cm³/mol. The van der Waals surface area contributed by atoms with Crippen molar-refractivity contribution in [2.45, 2.75) is 63.9 Å². The van der Waals surface area contributed by atoms with Gasteiger partial charge in [-0.1, -0.05) is 45.6 Å². The second kappa shape index (κ2) is 6.15. The summed E-state index contributed by atoms with van der Waals surface area (Å²) >= 11 is 0. The van der Waals surface area contributed by atoms with E-state index in [1.54, 1.807) is 6.08 Å². The van der Waals surface area contributed by atoms with E-state index in [-0.39, 0.29) is 0 Å². The Bertz CT molecular complexity index is 227. The van der Waals surface area contributed by atoms with E-state index in [4.69, 9.17) is 0 Å². The molecule has 0 bridgehead atoms. The molecule has 86 valence electrons. The highest BCUT2D eigenvalue weighted by Crippen LogP contribution is 2.42. The number of hydrogen-bond donors (Lipinski definition) is 1. The first-order chi connectivity index (χ1) is 7.23. The molecule has 1 N–H and O–H groups in total. The summed E-state index contributed by atoms with van der Waals surface area (Å²) in [5, 5.41) is 10.1. The van der Waals surface area contributed by atoms with E-state index in [9.17, 15) is 5.11 Å². The Morgan fingerprint density at radius 1 is 1.40 bits per heavy atom. The quantitative estimate of drug-likeness (QED) is 0.498. The fourth-order valence-electron chi connectivity index (χ4n) is 2.40. The van der Waals surface area contributed by atoms with Gasteiger partial charge in [0.1, 0.15) is 0 Å². The molecule has 0 saturated heterocycles. The topological polar surface area (TPSA) is 20.2 Å². The molecule has 0 unspecified atom stereocenters. The van der Waals surface area contributed by atoms with Crippen LogP contribution in [0.2, 0.25) is 0 Å². The molecular formula is C14H24O. The van der Waals surface area contributed by atoms with E-state index in [1.165, 1.54) is 44.9 Å². The van der Waals surface area contributed by atoms with Gasteiger partial charge >= 0.3 is 0 Å². The number of unbranched alkanes of at least 4 members (excludes halogenated alkanes) is 4. The number of aliphatic hydroxyl groups is 1. The minimum Gasteiger partial charge on any atom is -0.385 e. The molecule has 0 radical (unpaired) electrons. The second-order valence-electron chi connectivity index (χ2n) is 4.78. The van der Waals surface area contributed by atoms with Crippen LogP contribution in [0.15, 0.2) is 18.4 Å². The zero-order valence-electron chi connectivity index (χ0n) is 9.97. The van der Waals surface area contributed by atoms with Gasteiger partial charge < -0.3 is 5.11 Å². The monoisotopic (exact) mass is 208 g/mol. The van der Waals surface area contributed by atoms with Crippen LogP contribution in [0.1, 0.15) is 58.3 Å². The summed E-state index contributed by atoms with van der Waals surface area (Å²) in [6, 6.07) is 0. The van der Waals surface area contributed by atoms with E-state index in [0.717, 1.165) is 6.42 Å². The van der Waals surface area contributed by atoms with Crippen molar-refractivity contribution in [3.8, 4) is 0 Å². The van der Waals surface area contributed by atoms with Crippen LogP contribution in [0.5, 0.6) is 0 Å². The lowest BCUT2D eigenvalue weighted by Gasteiger charge is -2.43. The molecule has 0 aromatic rings. The molecule has 0 amide bonds. The Balaban J connectivity index is 2.14. The molecule has 0 aliphatic heterocycles. The van der Waals surface area contributed by atoms with Crippen molar-refractivity contribution in [1.82, 2.24) is 0 Å².